The summed E-state index contributed by atoms with van der Waals surface area (Å²) >= 11 is 0. The average molecular weight is 202 g/mol. The third-order valence-electron chi connectivity index (χ3n) is 3.63. The van der Waals surface area contributed by atoms with Crippen LogP contribution in [-0.2, 0) is 6.42 Å². The number of anilines is 1. The number of nitrogens with one attached hydrogen (secondary N) is 1. The molecule has 0 radical (unpaired) electrons. The molecule has 15 heavy (non-hydrogen) atoms. The Kier molecular flexibility index (Phi) is 2.37. The van der Waals surface area contributed by atoms with Gasteiger partial charge in [-0.1, -0.05) is 18.2 Å². The molecule has 0 unspecified atom stereocenters. The van der Waals surface area contributed by atoms with Gasteiger partial charge in [0.25, 0.3) is 0 Å². The van der Waals surface area contributed by atoms with Crippen LogP contribution in [-0.4, -0.2) is 25.7 Å². The topological polar surface area (TPSA) is 15.3 Å². The second-order valence-electron chi connectivity index (χ2n) is 4.57. The molecule has 1 aromatic rings. The third kappa shape index (κ3) is 1.63. The van der Waals surface area contributed by atoms with Crippen molar-refractivity contribution in [2.45, 2.75) is 25.3 Å². The molecule has 1 N–H and O–H groups in total. The third-order valence-corrected chi connectivity index (χ3v) is 3.63. The van der Waals surface area contributed by atoms with Crippen LogP contribution in [0.3, 0.4) is 0 Å². The number of piperidine rings is 1. The van der Waals surface area contributed by atoms with E-state index in [1.165, 1.54) is 43.6 Å². The highest BCUT2D eigenvalue weighted by atomic mass is 15.2. The molecule has 0 spiro atoms. The van der Waals surface area contributed by atoms with Gasteiger partial charge in [-0.25, -0.2) is 0 Å². The minimum Gasteiger partial charge on any atom is -0.367 e. The summed E-state index contributed by atoms with van der Waals surface area (Å²) in [6.45, 7) is 3.58. The maximum absolute atomic E-state index is 3.50. The van der Waals surface area contributed by atoms with Crippen LogP contribution < -0.4 is 10.2 Å². The summed E-state index contributed by atoms with van der Waals surface area (Å²) in [4.78, 5) is 2.60. The van der Waals surface area contributed by atoms with E-state index in [9.17, 15) is 0 Å². The average Bonchev–Trinajstić information content (AvgIpc) is 2.74. The number of hydrogen-bond acceptors (Lipinski definition) is 2. The van der Waals surface area contributed by atoms with Gasteiger partial charge in [0.15, 0.2) is 0 Å². The quantitative estimate of drug-likeness (QED) is 0.747. The molecule has 0 aromatic heterocycles. The zero-order chi connectivity index (χ0) is 10.1. The van der Waals surface area contributed by atoms with Crippen molar-refractivity contribution < 1.29 is 0 Å². The van der Waals surface area contributed by atoms with Gasteiger partial charge in [-0.05, 0) is 37.4 Å². The first-order valence-corrected chi connectivity index (χ1v) is 6.00. The van der Waals surface area contributed by atoms with E-state index in [4.69, 9.17) is 0 Å². The van der Waals surface area contributed by atoms with Crippen LogP contribution in [0.15, 0.2) is 24.3 Å². The minimum absolute atomic E-state index is 0.724. The van der Waals surface area contributed by atoms with Gasteiger partial charge in [0.1, 0.15) is 0 Å². The fourth-order valence-corrected chi connectivity index (χ4v) is 2.84. The molecular weight excluding hydrogens is 184 g/mol. The predicted molar refractivity (Wildman–Crippen MR) is 63.4 cm³/mol. The molecule has 1 saturated heterocycles. The van der Waals surface area contributed by atoms with Crippen LogP contribution in [0.1, 0.15) is 18.4 Å². The van der Waals surface area contributed by atoms with Crippen LogP contribution in [0.25, 0.3) is 0 Å². The standard InChI is InChI=1S/C13H18N2/c1-2-6-13-11(4-1)7-9-15(13)12-5-3-8-14-10-12/h1-2,4,6,12,14H,3,5,7-10H2/t12-/m1/s1. The van der Waals surface area contributed by atoms with Gasteiger partial charge >= 0.3 is 0 Å². The van der Waals surface area contributed by atoms with E-state index in [-0.39, 0.29) is 0 Å². The maximum Gasteiger partial charge on any atom is 0.0415 e. The maximum atomic E-state index is 3.50. The molecule has 1 atom stereocenters. The lowest BCUT2D eigenvalue weighted by atomic mass is 10.1. The first-order valence-electron chi connectivity index (χ1n) is 6.00. The summed E-state index contributed by atoms with van der Waals surface area (Å²) in [6.07, 6.45) is 3.90. The fraction of sp³-hybridized carbons (Fsp3) is 0.538. The molecule has 0 saturated carbocycles. The number of rotatable bonds is 1. The Labute approximate surface area is 91.3 Å². The van der Waals surface area contributed by atoms with Crippen molar-refractivity contribution in [3.05, 3.63) is 29.8 Å². The highest BCUT2D eigenvalue weighted by molar-refractivity contribution is 5.58. The first kappa shape index (κ1) is 9.22. The molecule has 3 rings (SSSR count). The Balaban J connectivity index is 1.83. The van der Waals surface area contributed by atoms with Crippen LogP contribution in [0.4, 0.5) is 5.69 Å². The molecule has 2 heteroatoms. The minimum atomic E-state index is 0.724. The van der Waals surface area contributed by atoms with Crippen molar-refractivity contribution in [2.24, 2.45) is 0 Å². The van der Waals surface area contributed by atoms with Crippen LogP contribution >= 0.6 is 0 Å². The van der Waals surface area contributed by atoms with Crippen molar-refractivity contribution in [1.29, 1.82) is 0 Å². The molecule has 2 aliphatic rings. The summed E-state index contributed by atoms with van der Waals surface area (Å²) < 4.78 is 0. The molecule has 2 heterocycles. The lowest BCUT2D eigenvalue weighted by Gasteiger charge is -2.33. The highest BCUT2D eigenvalue weighted by Gasteiger charge is 2.26. The summed E-state index contributed by atoms with van der Waals surface area (Å²) in [6, 6.07) is 9.58. The van der Waals surface area contributed by atoms with E-state index in [1.54, 1.807) is 0 Å². The number of benzene rings is 1. The largest absolute Gasteiger partial charge is 0.367 e. The Hall–Kier alpha value is -1.02. The Bertz CT molecular complexity index is 342. The van der Waals surface area contributed by atoms with E-state index >= 15 is 0 Å². The van der Waals surface area contributed by atoms with Gasteiger partial charge in [-0.15, -0.1) is 0 Å². The molecule has 80 valence electrons. The Morgan fingerprint density at radius 1 is 1.27 bits per heavy atom. The van der Waals surface area contributed by atoms with E-state index in [0.29, 0.717) is 0 Å². The van der Waals surface area contributed by atoms with Crippen LogP contribution in [0.5, 0.6) is 0 Å². The number of hydrogen-bond donors (Lipinski definition) is 1. The molecule has 0 amide bonds. The zero-order valence-electron chi connectivity index (χ0n) is 9.08. The lowest BCUT2D eigenvalue weighted by Crippen LogP contribution is -2.45. The van der Waals surface area contributed by atoms with Gasteiger partial charge in [-0.2, -0.15) is 0 Å². The molecular formula is C13H18N2. The number of para-hydroxylation sites is 1. The van der Waals surface area contributed by atoms with Crippen molar-refractivity contribution in [2.75, 3.05) is 24.5 Å². The number of fused-ring (bicyclic) bond motifs is 1. The highest BCUT2D eigenvalue weighted by Crippen LogP contribution is 2.30. The van der Waals surface area contributed by atoms with Crippen molar-refractivity contribution in [3.63, 3.8) is 0 Å². The van der Waals surface area contributed by atoms with Gasteiger partial charge in [0.05, 0.1) is 0 Å². The van der Waals surface area contributed by atoms with Crippen LogP contribution in [0.2, 0.25) is 0 Å². The molecule has 1 aromatic carbocycles. The predicted octanol–water partition coefficient (Wildman–Crippen LogP) is 1.80. The van der Waals surface area contributed by atoms with E-state index in [1.807, 2.05) is 0 Å². The van der Waals surface area contributed by atoms with Crippen LogP contribution in [0, 0.1) is 0 Å². The summed E-state index contributed by atoms with van der Waals surface area (Å²) in [5.74, 6) is 0. The molecule has 2 aliphatic heterocycles. The second kappa shape index (κ2) is 3.86. The van der Waals surface area contributed by atoms with E-state index in [0.717, 1.165) is 12.6 Å². The Morgan fingerprint density at radius 2 is 2.20 bits per heavy atom. The summed E-state index contributed by atoms with van der Waals surface area (Å²) in [5, 5.41) is 3.50. The fourth-order valence-electron chi connectivity index (χ4n) is 2.84. The molecule has 0 aliphatic carbocycles. The van der Waals surface area contributed by atoms with Gasteiger partial charge in [0, 0.05) is 24.8 Å². The normalized spacial score (nSPS) is 25.3. The van der Waals surface area contributed by atoms with E-state index < -0.39 is 0 Å². The van der Waals surface area contributed by atoms with Crippen molar-refractivity contribution >= 4 is 5.69 Å². The zero-order valence-corrected chi connectivity index (χ0v) is 9.08. The second-order valence-corrected chi connectivity index (χ2v) is 4.57. The van der Waals surface area contributed by atoms with Gasteiger partial charge < -0.3 is 10.2 Å². The summed E-state index contributed by atoms with van der Waals surface area (Å²) in [7, 11) is 0. The smallest absolute Gasteiger partial charge is 0.0415 e. The summed E-state index contributed by atoms with van der Waals surface area (Å²) in [5.41, 5.74) is 3.01. The Morgan fingerprint density at radius 3 is 3.07 bits per heavy atom. The van der Waals surface area contributed by atoms with Gasteiger partial charge in [0.2, 0.25) is 0 Å². The monoisotopic (exact) mass is 202 g/mol. The van der Waals surface area contributed by atoms with Crippen molar-refractivity contribution in [1.82, 2.24) is 5.32 Å². The molecule has 2 nitrogen and oxygen atoms in total. The van der Waals surface area contributed by atoms with Gasteiger partial charge in [-0.3, -0.25) is 0 Å². The number of nitrogens with zero attached hydrogens (tertiary/aromatic N) is 1. The SMILES string of the molecule is c1ccc2c(c1)CCN2[C@@H]1CCCNC1. The molecule has 1 fully saturated rings. The lowest BCUT2D eigenvalue weighted by molar-refractivity contribution is 0.437. The first-order chi connectivity index (χ1) is 7.45. The molecule has 0 bridgehead atoms. The van der Waals surface area contributed by atoms with E-state index in [2.05, 4.69) is 34.5 Å². The van der Waals surface area contributed by atoms with Crippen molar-refractivity contribution in [3.8, 4) is 0 Å².